The van der Waals surface area contributed by atoms with Gasteiger partial charge in [-0.05, 0) is 6.92 Å². The number of aromatic nitrogens is 4. The van der Waals surface area contributed by atoms with Crippen LogP contribution in [0.1, 0.15) is 6.92 Å². The summed E-state index contributed by atoms with van der Waals surface area (Å²) in [5.41, 5.74) is 0.0724. The first-order valence-electron chi connectivity index (χ1n) is 5.92. The van der Waals surface area contributed by atoms with Crippen LogP contribution in [-0.2, 0) is 20.6 Å². The normalized spacial score (nSPS) is 11.4. The van der Waals surface area contributed by atoms with Crippen molar-refractivity contribution in [3.8, 4) is 0 Å². The van der Waals surface area contributed by atoms with Crippen LogP contribution in [0.5, 0.6) is 0 Å². The van der Waals surface area contributed by atoms with Gasteiger partial charge in [0.1, 0.15) is 0 Å². The monoisotopic (exact) mass is 284 g/mol. The van der Waals surface area contributed by atoms with E-state index < -0.39 is 5.69 Å². The molecule has 1 N–H and O–H groups in total. The SMILES string of the molecule is CCn1c(SCCO)nc2c1c(=O)n(C)c(=O)n2C. The predicted molar refractivity (Wildman–Crippen MR) is 73.7 cm³/mol. The number of aliphatic hydroxyl groups excluding tert-OH is 1. The van der Waals surface area contributed by atoms with Gasteiger partial charge in [0, 0.05) is 26.4 Å². The van der Waals surface area contributed by atoms with Crippen molar-refractivity contribution in [3.05, 3.63) is 20.8 Å². The smallest absolute Gasteiger partial charge is 0.332 e. The molecule has 19 heavy (non-hydrogen) atoms. The molecule has 0 saturated heterocycles. The maximum Gasteiger partial charge on any atom is 0.332 e. The van der Waals surface area contributed by atoms with E-state index in [1.807, 2.05) is 6.92 Å². The average Bonchev–Trinajstić information content (AvgIpc) is 2.79. The van der Waals surface area contributed by atoms with Crippen molar-refractivity contribution in [1.29, 1.82) is 0 Å². The molecule has 0 aliphatic rings. The molecule has 2 heterocycles. The summed E-state index contributed by atoms with van der Waals surface area (Å²) >= 11 is 1.36. The molecule has 2 rings (SSSR count). The van der Waals surface area contributed by atoms with Crippen molar-refractivity contribution in [3.63, 3.8) is 0 Å². The van der Waals surface area contributed by atoms with Crippen molar-refractivity contribution in [1.82, 2.24) is 18.7 Å². The molecular weight excluding hydrogens is 268 g/mol. The molecule has 2 aromatic rings. The molecule has 0 radical (unpaired) electrons. The minimum atomic E-state index is -0.392. The van der Waals surface area contributed by atoms with Gasteiger partial charge in [0.05, 0.1) is 6.61 Å². The summed E-state index contributed by atoms with van der Waals surface area (Å²) < 4.78 is 4.22. The lowest BCUT2D eigenvalue weighted by atomic mass is 10.5. The molecule has 0 aliphatic heterocycles. The Bertz CT molecular complexity index is 728. The summed E-state index contributed by atoms with van der Waals surface area (Å²) in [6.07, 6.45) is 0. The zero-order valence-corrected chi connectivity index (χ0v) is 11.9. The van der Waals surface area contributed by atoms with E-state index in [2.05, 4.69) is 4.98 Å². The molecular formula is C11H16N4O3S. The van der Waals surface area contributed by atoms with Gasteiger partial charge >= 0.3 is 5.69 Å². The average molecular weight is 284 g/mol. The standard InChI is InChI=1S/C11H16N4O3S/c1-4-15-7-8(12-10(15)19-6-5-16)13(2)11(18)14(3)9(7)17/h16H,4-6H2,1-3H3. The van der Waals surface area contributed by atoms with E-state index in [0.717, 1.165) is 4.57 Å². The van der Waals surface area contributed by atoms with Crippen LogP contribution >= 0.6 is 11.8 Å². The fraction of sp³-hybridized carbons (Fsp3) is 0.545. The van der Waals surface area contributed by atoms with Crippen molar-refractivity contribution in [2.75, 3.05) is 12.4 Å². The summed E-state index contributed by atoms with van der Waals surface area (Å²) in [4.78, 5) is 28.4. The third-order valence-electron chi connectivity index (χ3n) is 2.95. The third-order valence-corrected chi connectivity index (χ3v) is 3.91. The van der Waals surface area contributed by atoms with Crippen LogP contribution < -0.4 is 11.2 Å². The van der Waals surface area contributed by atoms with Gasteiger partial charge in [-0.3, -0.25) is 13.9 Å². The lowest BCUT2D eigenvalue weighted by molar-refractivity contribution is 0.322. The Labute approximate surface area is 113 Å². The van der Waals surface area contributed by atoms with Gasteiger partial charge < -0.3 is 9.67 Å². The maximum atomic E-state index is 12.2. The summed E-state index contributed by atoms with van der Waals surface area (Å²) in [6, 6.07) is 0. The number of aliphatic hydroxyl groups is 1. The molecule has 0 saturated carbocycles. The number of imidazole rings is 1. The van der Waals surface area contributed by atoms with E-state index in [1.54, 1.807) is 11.6 Å². The molecule has 0 amide bonds. The summed E-state index contributed by atoms with van der Waals surface area (Å²) in [7, 11) is 3.05. The zero-order chi connectivity index (χ0) is 14.2. The van der Waals surface area contributed by atoms with E-state index in [9.17, 15) is 9.59 Å². The Morgan fingerprint density at radius 1 is 1.26 bits per heavy atom. The van der Waals surface area contributed by atoms with Crippen LogP contribution in [0.3, 0.4) is 0 Å². The summed E-state index contributed by atoms with van der Waals surface area (Å²) in [5, 5.41) is 9.53. The second-order valence-corrected chi connectivity index (χ2v) is 5.15. The molecule has 0 fully saturated rings. The first-order chi connectivity index (χ1) is 9.02. The number of thioether (sulfide) groups is 1. The number of hydrogen-bond donors (Lipinski definition) is 1. The molecule has 0 aromatic carbocycles. The largest absolute Gasteiger partial charge is 0.396 e. The molecule has 0 atom stereocenters. The van der Waals surface area contributed by atoms with Crippen LogP contribution in [0.4, 0.5) is 0 Å². The molecule has 0 aliphatic carbocycles. The Kier molecular flexibility index (Phi) is 3.81. The van der Waals surface area contributed by atoms with Crippen LogP contribution in [-0.4, -0.2) is 36.2 Å². The lowest BCUT2D eigenvalue weighted by Crippen LogP contribution is -2.37. The highest BCUT2D eigenvalue weighted by Crippen LogP contribution is 2.20. The van der Waals surface area contributed by atoms with Crippen LogP contribution in [0.25, 0.3) is 11.2 Å². The van der Waals surface area contributed by atoms with Crippen LogP contribution in [0, 0.1) is 0 Å². The number of hydrogen-bond acceptors (Lipinski definition) is 5. The highest BCUT2D eigenvalue weighted by atomic mass is 32.2. The van der Waals surface area contributed by atoms with Gasteiger partial charge in [-0.25, -0.2) is 9.78 Å². The Morgan fingerprint density at radius 2 is 1.95 bits per heavy atom. The Balaban J connectivity index is 2.83. The molecule has 0 unspecified atom stereocenters. The third kappa shape index (κ3) is 2.10. The quantitative estimate of drug-likeness (QED) is 0.768. The minimum absolute atomic E-state index is 0.0362. The van der Waals surface area contributed by atoms with Crippen LogP contribution in [0.2, 0.25) is 0 Å². The summed E-state index contributed by atoms with van der Waals surface area (Å²) in [6.45, 7) is 2.53. The highest BCUT2D eigenvalue weighted by Gasteiger charge is 2.18. The predicted octanol–water partition coefficient (Wildman–Crippen LogP) is -0.462. The second kappa shape index (κ2) is 5.22. The van der Waals surface area contributed by atoms with E-state index in [4.69, 9.17) is 5.11 Å². The first kappa shape index (κ1) is 13.9. The number of fused-ring (bicyclic) bond motifs is 1. The van der Waals surface area contributed by atoms with E-state index in [0.29, 0.717) is 28.6 Å². The number of nitrogens with zero attached hydrogens (tertiary/aromatic N) is 4. The van der Waals surface area contributed by atoms with E-state index >= 15 is 0 Å². The topological polar surface area (TPSA) is 82.1 Å². The van der Waals surface area contributed by atoms with Gasteiger partial charge in [0.25, 0.3) is 5.56 Å². The zero-order valence-electron chi connectivity index (χ0n) is 11.1. The van der Waals surface area contributed by atoms with E-state index in [-0.39, 0.29) is 12.2 Å². The van der Waals surface area contributed by atoms with Gasteiger partial charge in [0.2, 0.25) is 0 Å². The van der Waals surface area contributed by atoms with Gasteiger partial charge in [0.15, 0.2) is 16.3 Å². The molecule has 0 spiro atoms. The number of aryl methyl sites for hydroxylation is 2. The second-order valence-electron chi connectivity index (χ2n) is 4.09. The first-order valence-corrected chi connectivity index (χ1v) is 6.91. The molecule has 8 heteroatoms. The molecule has 0 bridgehead atoms. The number of rotatable bonds is 4. The maximum absolute atomic E-state index is 12.2. The molecule has 104 valence electrons. The van der Waals surface area contributed by atoms with Crippen molar-refractivity contribution in [2.45, 2.75) is 18.6 Å². The molecule has 2 aromatic heterocycles. The fourth-order valence-electron chi connectivity index (χ4n) is 1.97. The molecule has 7 nitrogen and oxygen atoms in total. The van der Waals surface area contributed by atoms with Crippen LogP contribution in [0.15, 0.2) is 14.7 Å². The Morgan fingerprint density at radius 3 is 2.53 bits per heavy atom. The van der Waals surface area contributed by atoms with Crippen molar-refractivity contribution < 1.29 is 5.11 Å². The highest BCUT2D eigenvalue weighted by molar-refractivity contribution is 7.99. The lowest BCUT2D eigenvalue weighted by Gasteiger charge is -2.05. The Hall–Kier alpha value is -1.54. The van der Waals surface area contributed by atoms with E-state index in [1.165, 1.54) is 23.4 Å². The van der Waals surface area contributed by atoms with Crippen molar-refractivity contribution >= 4 is 22.9 Å². The summed E-state index contributed by atoms with van der Waals surface area (Å²) in [5.74, 6) is 0.498. The van der Waals surface area contributed by atoms with Gasteiger partial charge in [-0.15, -0.1) is 0 Å². The van der Waals surface area contributed by atoms with Gasteiger partial charge in [-0.1, -0.05) is 11.8 Å². The van der Waals surface area contributed by atoms with Gasteiger partial charge in [-0.2, -0.15) is 0 Å². The fourth-order valence-corrected chi connectivity index (χ4v) is 2.77. The minimum Gasteiger partial charge on any atom is -0.396 e. The van der Waals surface area contributed by atoms with Crippen molar-refractivity contribution in [2.24, 2.45) is 14.1 Å².